The summed E-state index contributed by atoms with van der Waals surface area (Å²) in [6.45, 7) is 4.58. The summed E-state index contributed by atoms with van der Waals surface area (Å²) >= 11 is 0. The maximum atomic E-state index is 2.29. The molecular formula is C13H16. The zero-order chi connectivity index (χ0) is 9.31. The number of rotatable bonds is 1. The van der Waals surface area contributed by atoms with Gasteiger partial charge in [-0.1, -0.05) is 62.0 Å². The topological polar surface area (TPSA) is 0 Å². The first kappa shape index (κ1) is 8.55. The van der Waals surface area contributed by atoms with Crippen molar-refractivity contribution in [3.8, 4) is 0 Å². The van der Waals surface area contributed by atoms with Gasteiger partial charge in [0.15, 0.2) is 0 Å². The summed E-state index contributed by atoms with van der Waals surface area (Å²) in [5, 5.41) is 0. The molecule has 0 aliphatic heterocycles. The standard InChI is InChI=1S/C13H16/c1-13(2)9-5-8-12(10-13)11-6-3-4-7-11/h3-9,11H,10H2,1-2H3. The molecule has 0 saturated heterocycles. The molecule has 2 rings (SSSR count). The van der Waals surface area contributed by atoms with Crippen LogP contribution in [-0.4, -0.2) is 0 Å². The van der Waals surface area contributed by atoms with E-state index in [4.69, 9.17) is 0 Å². The Balaban J connectivity index is 2.17. The molecule has 2 aliphatic carbocycles. The Morgan fingerprint density at radius 1 is 1.15 bits per heavy atom. The normalized spacial score (nSPS) is 25.2. The highest BCUT2D eigenvalue weighted by Crippen LogP contribution is 2.35. The van der Waals surface area contributed by atoms with Crippen molar-refractivity contribution in [3.05, 3.63) is 48.1 Å². The fourth-order valence-corrected chi connectivity index (χ4v) is 1.98. The van der Waals surface area contributed by atoms with Crippen molar-refractivity contribution in [1.82, 2.24) is 0 Å². The van der Waals surface area contributed by atoms with E-state index in [1.807, 2.05) is 0 Å². The van der Waals surface area contributed by atoms with Gasteiger partial charge in [0.25, 0.3) is 0 Å². The Morgan fingerprint density at radius 3 is 2.46 bits per heavy atom. The van der Waals surface area contributed by atoms with Crippen molar-refractivity contribution in [2.24, 2.45) is 11.3 Å². The van der Waals surface area contributed by atoms with Gasteiger partial charge in [-0.15, -0.1) is 0 Å². The van der Waals surface area contributed by atoms with Crippen LogP contribution in [0.2, 0.25) is 0 Å². The van der Waals surface area contributed by atoms with E-state index in [9.17, 15) is 0 Å². The van der Waals surface area contributed by atoms with Gasteiger partial charge in [-0.25, -0.2) is 0 Å². The highest BCUT2D eigenvalue weighted by atomic mass is 14.3. The molecule has 0 spiro atoms. The van der Waals surface area contributed by atoms with Crippen molar-refractivity contribution >= 4 is 0 Å². The molecule has 2 aliphatic rings. The smallest absolute Gasteiger partial charge is 0.0166 e. The summed E-state index contributed by atoms with van der Waals surface area (Å²) < 4.78 is 0. The van der Waals surface area contributed by atoms with E-state index in [2.05, 4.69) is 56.4 Å². The van der Waals surface area contributed by atoms with E-state index < -0.39 is 0 Å². The molecule has 0 aromatic heterocycles. The van der Waals surface area contributed by atoms with Gasteiger partial charge in [0.2, 0.25) is 0 Å². The molecule has 0 atom stereocenters. The first-order valence-electron chi connectivity index (χ1n) is 4.91. The van der Waals surface area contributed by atoms with Gasteiger partial charge in [-0.2, -0.15) is 0 Å². The number of hydrogen-bond donors (Lipinski definition) is 0. The molecule has 0 aromatic rings. The zero-order valence-corrected chi connectivity index (χ0v) is 8.33. The lowest BCUT2D eigenvalue weighted by Gasteiger charge is -2.27. The average Bonchev–Trinajstić information content (AvgIpc) is 2.53. The second-order valence-electron chi connectivity index (χ2n) is 4.56. The molecule has 0 amide bonds. The van der Waals surface area contributed by atoms with Gasteiger partial charge in [0.1, 0.15) is 0 Å². The van der Waals surface area contributed by atoms with E-state index in [1.165, 1.54) is 12.0 Å². The third-order valence-corrected chi connectivity index (χ3v) is 2.69. The van der Waals surface area contributed by atoms with Crippen LogP contribution in [0, 0.1) is 11.3 Å². The molecule has 0 unspecified atom stereocenters. The molecular weight excluding hydrogens is 156 g/mol. The number of allylic oxidation sites excluding steroid dienone is 8. The number of hydrogen-bond acceptors (Lipinski definition) is 0. The van der Waals surface area contributed by atoms with E-state index in [-0.39, 0.29) is 0 Å². The van der Waals surface area contributed by atoms with Crippen LogP contribution in [0.3, 0.4) is 0 Å². The minimum atomic E-state index is 0.342. The van der Waals surface area contributed by atoms with Crippen LogP contribution < -0.4 is 0 Å². The second-order valence-corrected chi connectivity index (χ2v) is 4.56. The fraction of sp³-hybridized carbons (Fsp3) is 0.385. The summed E-state index contributed by atoms with van der Waals surface area (Å²) in [4.78, 5) is 0. The third kappa shape index (κ3) is 1.82. The Labute approximate surface area is 80.3 Å². The highest BCUT2D eigenvalue weighted by molar-refractivity contribution is 5.34. The minimum Gasteiger partial charge on any atom is -0.0785 e. The minimum absolute atomic E-state index is 0.342. The quantitative estimate of drug-likeness (QED) is 0.566. The van der Waals surface area contributed by atoms with Gasteiger partial charge in [-0.3, -0.25) is 0 Å². The summed E-state index contributed by atoms with van der Waals surface area (Å²) in [6.07, 6.45) is 16.7. The lowest BCUT2D eigenvalue weighted by molar-refractivity contribution is 0.459. The van der Waals surface area contributed by atoms with Gasteiger partial charge >= 0.3 is 0 Å². The van der Waals surface area contributed by atoms with Crippen LogP contribution in [0.4, 0.5) is 0 Å². The fourth-order valence-electron chi connectivity index (χ4n) is 1.98. The predicted molar refractivity (Wildman–Crippen MR) is 57.4 cm³/mol. The maximum Gasteiger partial charge on any atom is 0.0166 e. The summed E-state index contributed by atoms with van der Waals surface area (Å²) in [5.41, 5.74) is 1.88. The molecule has 0 N–H and O–H groups in total. The van der Waals surface area contributed by atoms with Crippen molar-refractivity contribution in [2.45, 2.75) is 20.3 Å². The van der Waals surface area contributed by atoms with Crippen LogP contribution in [0.25, 0.3) is 0 Å². The monoisotopic (exact) mass is 172 g/mol. The second kappa shape index (κ2) is 3.02. The van der Waals surface area contributed by atoms with Gasteiger partial charge in [0.05, 0.1) is 0 Å². The molecule has 0 heterocycles. The largest absolute Gasteiger partial charge is 0.0785 e. The molecule has 13 heavy (non-hydrogen) atoms. The molecule has 0 bridgehead atoms. The lowest BCUT2D eigenvalue weighted by Crippen LogP contribution is -2.14. The Kier molecular flexibility index (Phi) is 1.99. The Morgan fingerprint density at radius 2 is 1.85 bits per heavy atom. The summed E-state index contributed by atoms with van der Waals surface area (Å²) in [5.74, 6) is 0.559. The van der Waals surface area contributed by atoms with Crippen molar-refractivity contribution in [1.29, 1.82) is 0 Å². The average molecular weight is 172 g/mol. The Bertz CT molecular complexity index is 299. The first-order chi connectivity index (χ1) is 6.17. The van der Waals surface area contributed by atoms with Gasteiger partial charge in [0, 0.05) is 5.92 Å². The zero-order valence-electron chi connectivity index (χ0n) is 8.33. The predicted octanol–water partition coefficient (Wildman–Crippen LogP) is 3.64. The van der Waals surface area contributed by atoms with Crippen molar-refractivity contribution in [3.63, 3.8) is 0 Å². The molecule has 0 aromatic carbocycles. The van der Waals surface area contributed by atoms with Crippen LogP contribution in [0.15, 0.2) is 48.1 Å². The van der Waals surface area contributed by atoms with Crippen LogP contribution in [0.5, 0.6) is 0 Å². The van der Waals surface area contributed by atoms with E-state index in [1.54, 1.807) is 0 Å². The molecule has 68 valence electrons. The van der Waals surface area contributed by atoms with Gasteiger partial charge in [-0.05, 0) is 11.8 Å². The third-order valence-electron chi connectivity index (χ3n) is 2.69. The molecule has 0 saturated carbocycles. The van der Waals surface area contributed by atoms with Crippen molar-refractivity contribution in [2.75, 3.05) is 0 Å². The van der Waals surface area contributed by atoms with Gasteiger partial charge < -0.3 is 0 Å². The summed E-state index contributed by atoms with van der Waals surface area (Å²) in [7, 11) is 0. The molecule has 0 heteroatoms. The molecule has 0 fully saturated rings. The molecule has 0 nitrogen and oxygen atoms in total. The SMILES string of the molecule is CC1(C)C=CC=C(C2C=CC=C2)C1. The Hall–Kier alpha value is -1.04. The van der Waals surface area contributed by atoms with Crippen LogP contribution >= 0.6 is 0 Å². The first-order valence-corrected chi connectivity index (χ1v) is 4.91. The highest BCUT2D eigenvalue weighted by Gasteiger charge is 2.22. The van der Waals surface area contributed by atoms with Crippen LogP contribution in [-0.2, 0) is 0 Å². The summed E-state index contributed by atoms with van der Waals surface area (Å²) in [6, 6.07) is 0. The van der Waals surface area contributed by atoms with Crippen LogP contribution in [0.1, 0.15) is 20.3 Å². The molecule has 0 radical (unpaired) electrons. The lowest BCUT2D eigenvalue weighted by atomic mass is 9.78. The van der Waals surface area contributed by atoms with E-state index >= 15 is 0 Å². The maximum absolute atomic E-state index is 2.29. The van der Waals surface area contributed by atoms with E-state index in [0.29, 0.717) is 11.3 Å². The van der Waals surface area contributed by atoms with E-state index in [0.717, 1.165) is 0 Å². The van der Waals surface area contributed by atoms with Crippen molar-refractivity contribution < 1.29 is 0 Å².